The van der Waals surface area contributed by atoms with Crippen LogP contribution in [0.1, 0.15) is 44.4 Å². The van der Waals surface area contributed by atoms with Crippen molar-refractivity contribution in [3.8, 4) is 0 Å². The van der Waals surface area contributed by atoms with Gasteiger partial charge in [-0.1, -0.05) is 42.0 Å². The number of nitrogens with zero attached hydrogens (tertiary/aromatic N) is 2. The van der Waals surface area contributed by atoms with Crippen molar-refractivity contribution >= 4 is 17.0 Å². The highest BCUT2D eigenvalue weighted by Crippen LogP contribution is 2.31. The normalized spacial score (nSPS) is 13.0. The van der Waals surface area contributed by atoms with Crippen LogP contribution in [0, 0.1) is 6.92 Å². The Labute approximate surface area is 182 Å². The third-order valence-corrected chi connectivity index (χ3v) is 5.91. The Kier molecular flexibility index (Phi) is 7.46. The molecule has 3 rings (SSSR count). The van der Waals surface area contributed by atoms with Crippen LogP contribution in [0.25, 0.3) is 5.57 Å². The molecule has 0 spiro atoms. The number of hydrogen-bond donors (Lipinski definition) is 0. The number of allylic oxidation sites excluding steroid dienone is 5. The van der Waals surface area contributed by atoms with Gasteiger partial charge in [0.15, 0.2) is 5.71 Å². The summed E-state index contributed by atoms with van der Waals surface area (Å²) in [6.45, 7) is 15.1. The van der Waals surface area contributed by atoms with Crippen LogP contribution in [-0.2, 0) is 0 Å². The zero-order valence-electron chi connectivity index (χ0n) is 19.2. The third-order valence-electron chi connectivity index (χ3n) is 5.91. The second-order valence-corrected chi connectivity index (χ2v) is 7.68. The molecule has 0 heterocycles. The van der Waals surface area contributed by atoms with E-state index >= 15 is 0 Å². The van der Waals surface area contributed by atoms with E-state index in [1.165, 1.54) is 39.2 Å². The van der Waals surface area contributed by atoms with Crippen molar-refractivity contribution < 1.29 is 4.58 Å². The average Bonchev–Trinajstić information content (AvgIpc) is 2.79. The Morgan fingerprint density at radius 3 is 1.67 bits per heavy atom. The molecule has 1 aliphatic rings. The van der Waals surface area contributed by atoms with Crippen molar-refractivity contribution in [2.75, 3.05) is 31.1 Å². The van der Waals surface area contributed by atoms with Gasteiger partial charge in [-0.3, -0.25) is 0 Å². The van der Waals surface area contributed by atoms with Crippen molar-refractivity contribution in [2.45, 2.75) is 34.6 Å². The molecule has 0 bridgehead atoms. The third kappa shape index (κ3) is 4.81. The van der Waals surface area contributed by atoms with Gasteiger partial charge in [-0.05, 0) is 81.2 Å². The summed E-state index contributed by atoms with van der Waals surface area (Å²) in [6, 6.07) is 17.9. The number of benzene rings is 2. The van der Waals surface area contributed by atoms with Gasteiger partial charge < -0.3 is 4.90 Å². The Morgan fingerprint density at radius 2 is 1.20 bits per heavy atom. The predicted molar refractivity (Wildman–Crippen MR) is 132 cm³/mol. The summed E-state index contributed by atoms with van der Waals surface area (Å²) in [5.41, 5.74) is 8.90. The first-order valence-corrected chi connectivity index (χ1v) is 11.3. The molecule has 0 aliphatic heterocycles. The van der Waals surface area contributed by atoms with Gasteiger partial charge in [0, 0.05) is 30.9 Å². The Balaban J connectivity index is 2.08. The molecule has 156 valence electrons. The minimum Gasteiger partial charge on any atom is -0.372 e. The van der Waals surface area contributed by atoms with Crippen molar-refractivity contribution in [3.05, 3.63) is 95.1 Å². The fourth-order valence-corrected chi connectivity index (χ4v) is 4.08. The Bertz CT molecular complexity index is 942. The highest BCUT2D eigenvalue weighted by atomic mass is 15.1. The van der Waals surface area contributed by atoms with E-state index in [1.54, 1.807) is 0 Å². The molecule has 0 saturated carbocycles. The molecule has 2 aromatic rings. The van der Waals surface area contributed by atoms with Crippen LogP contribution in [-0.4, -0.2) is 36.5 Å². The molecule has 0 fully saturated rings. The summed E-state index contributed by atoms with van der Waals surface area (Å²) in [5, 5.41) is 0. The molecule has 2 aromatic carbocycles. The smallest absolute Gasteiger partial charge is 0.199 e. The molecule has 2 nitrogen and oxygen atoms in total. The Morgan fingerprint density at radius 1 is 0.700 bits per heavy atom. The highest BCUT2D eigenvalue weighted by Gasteiger charge is 2.14. The lowest BCUT2D eigenvalue weighted by Gasteiger charge is -2.22. The Hall–Kier alpha value is -2.87. The fraction of sp³-hybridized carbons (Fsp3) is 0.321. The van der Waals surface area contributed by atoms with Crippen molar-refractivity contribution in [1.29, 1.82) is 0 Å². The van der Waals surface area contributed by atoms with Crippen LogP contribution >= 0.6 is 0 Å². The second kappa shape index (κ2) is 10.2. The first kappa shape index (κ1) is 21.8. The van der Waals surface area contributed by atoms with Gasteiger partial charge in [-0.2, -0.15) is 0 Å². The molecule has 2 heteroatoms. The molecule has 1 aliphatic carbocycles. The maximum Gasteiger partial charge on any atom is 0.199 e. The minimum atomic E-state index is 1.02. The van der Waals surface area contributed by atoms with E-state index in [0.29, 0.717) is 0 Å². The van der Waals surface area contributed by atoms with Crippen LogP contribution in [0.5, 0.6) is 0 Å². The van der Waals surface area contributed by atoms with Crippen LogP contribution in [0.15, 0.2) is 78.4 Å². The molecule has 0 atom stereocenters. The standard InChI is InChI=1S/C28H35N2/c1-6-29(7-2)26-18-14-24(15-19-26)28(23-12-10-22(5)11-13-23)25-16-20-27(21-17-25)30(8-3)9-4/h10-21H,6-9H2,1-5H3/q+1. The maximum atomic E-state index is 2.38. The topological polar surface area (TPSA) is 6.25 Å². The molecular formula is C28H35N2+. The average molecular weight is 400 g/mol. The quantitative estimate of drug-likeness (QED) is 0.498. The summed E-state index contributed by atoms with van der Waals surface area (Å²) in [7, 11) is 0. The van der Waals surface area contributed by atoms with E-state index in [1.807, 2.05) is 0 Å². The maximum absolute atomic E-state index is 2.38. The summed E-state index contributed by atoms with van der Waals surface area (Å²) < 4.78 is 2.38. The van der Waals surface area contributed by atoms with Crippen LogP contribution in [0.4, 0.5) is 5.69 Å². The number of hydrogen-bond acceptors (Lipinski definition) is 1. The SMILES string of the molecule is CCN(CC)c1ccc(C(=C2C=CC(=[N+](CC)CC)C=C2)c2ccc(C)cc2)cc1. The lowest BCUT2D eigenvalue weighted by Crippen LogP contribution is -2.21. The van der Waals surface area contributed by atoms with Crippen molar-refractivity contribution in [2.24, 2.45) is 0 Å². The van der Waals surface area contributed by atoms with Crippen molar-refractivity contribution in [1.82, 2.24) is 0 Å². The van der Waals surface area contributed by atoms with Crippen molar-refractivity contribution in [3.63, 3.8) is 0 Å². The monoisotopic (exact) mass is 399 g/mol. The van der Waals surface area contributed by atoms with Gasteiger partial charge in [-0.15, -0.1) is 0 Å². The lowest BCUT2D eigenvalue weighted by atomic mass is 9.90. The number of aryl methyl sites for hydroxylation is 1. The molecule has 0 aromatic heterocycles. The van der Waals surface area contributed by atoms with Crippen LogP contribution in [0.3, 0.4) is 0 Å². The van der Waals surface area contributed by atoms with E-state index in [4.69, 9.17) is 0 Å². The first-order chi connectivity index (χ1) is 14.6. The first-order valence-electron chi connectivity index (χ1n) is 11.3. The van der Waals surface area contributed by atoms with Gasteiger partial charge in [0.25, 0.3) is 0 Å². The molecule has 0 unspecified atom stereocenters. The van der Waals surface area contributed by atoms with E-state index in [2.05, 4.69) is 117 Å². The molecule has 0 N–H and O–H groups in total. The van der Waals surface area contributed by atoms with Crippen LogP contribution in [0.2, 0.25) is 0 Å². The number of rotatable bonds is 7. The molecule has 0 radical (unpaired) electrons. The summed E-state index contributed by atoms with van der Waals surface area (Å²) in [6.07, 6.45) is 9.03. The molecular weight excluding hydrogens is 364 g/mol. The largest absolute Gasteiger partial charge is 0.372 e. The summed E-state index contributed by atoms with van der Waals surface area (Å²) >= 11 is 0. The summed E-state index contributed by atoms with van der Waals surface area (Å²) in [4.78, 5) is 2.38. The fourth-order valence-electron chi connectivity index (χ4n) is 4.08. The number of anilines is 1. The molecule has 0 amide bonds. The predicted octanol–water partition coefficient (Wildman–Crippen LogP) is 6.26. The minimum absolute atomic E-state index is 1.02. The zero-order valence-corrected chi connectivity index (χ0v) is 19.2. The summed E-state index contributed by atoms with van der Waals surface area (Å²) in [5.74, 6) is 0. The van der Waals surface area contributed by atoms with E-state index in [9.17, 15) is 0 Å². The van der Waals surface area contributed by atoms with E-state index in [0.717, 1.165) is 26.2 Å². The second-order valence-electron chi connectivity index (χ2n) is 7.68. The lowest BCUT2D eigenvalue weighted by molar-refractivity contribution is -0.519. The van der Waals surface area contributed by atoms with Crippen LogP contribution < -0.4 is 4.90 Å². The van der Waals surface area contributed by atoms with Gasteiger partial charge in [0.1, 0.15) is 13.1 Å². The van der Waals surface area contributed by atoms with Gasteiger partial charge in [0.2, 0.25) is 0 Å². The van der Waals surface area contributed by atoms with E-state index in [-0.39, 0.29) is 0 Å². The molecule has 30 heavy (non-hydrogen) atoms. The van der Waals surface area contributed by atoms with Gasteiger partial charge in [0.05, 0.1) is 0 Å². The van der Waals surface area contributed by atoms with Gasteiger partial charge in [-0.25, -0.2) is 4.58 Å². The highest BCUT2D eigenvalue weighted by molar-refractivity contribution is 6.04. The van der Waals surface area contributed by atoms with Gasteiger partial charge >= 0.3 is 0 Å². The zero-order chi connectivity index (χ0) is 21.5. The molecule has 0 saturated heterocycles. The van der Waals surface area contributed by atoms with E-state index < -0.39 is 0 Å².